The standard InChI is InChI=1S/C16H14ClN3/c1-10-2-3-11-8-12(4-6-14(11)20-10)16(18)15-7-5-13(17)9-19-15/h2-9,16H,18H2,1H3. The highest BCUT2D eigenvalue weighted by Gasteiger charge is 2.11. The second-order valence-electron chi connectivity index (χ2n) is 4.78. The minimum absolute atomic E-state index is 0.266. The first-order valence-electron chi connectivity index (χ1n) is 6.38. The fourth-order valence-corrected chi connectivity index (χ4v) is 2.29. The molecule has 1 aromatic carbocycles. The zero-order valence-corrected chi connectivity index (χ0v) is 11.8. The lowest BCUT2D eigenvalue weighted by atomic mass is 10.0. The van der Waals surface area contributed by atoms with Crippen LogP contribution in [0.5, 0.6) is 0 Å². The number of rotatable bonds is 2. The number of aromatic nitrogens is 2. The molecule has 0 aliphatic heterocycles. The number of nitrogens with two attached hydrogens (primary N) is 1. The summed E-state index contributed by atoms with van der Waals surface area (Å²) in [5.74, 6) is 0. The van der Waals surface area contributed by atoms with Gasteiger partial charge in [-0.3, -0.25) is 9.97 Å². The van der Waals surface area contributed by atoms with Crippen LogP contribution in [0, 0.1) is 6.92 Å². The van der Waals surface area contributed by atoms with Gasteiger partial charge in [-0.15, -0.1) is 0 Å². The van der Waals surface area contributed by atoms with E-state index >= 15 is 0 Å². The fraction of sp³-hybridized carbons (Fsp3) is 0.125. The Morgan fingerprint density at radius 1 is 1.10 bits per heavy atom. The summed E-state index contributed by atoms with van der Waals surface area (Å²) < 4.78 is 0. The topological polar surface area (TPSA) is 51.8 Å². The van der Waals surface area contributed by atoms with Crippen molar-refractivity contribution < 1.29 is 0 Å². The molecule has 0 saturated heterocycles. The molecule has 0 aliphatic carbocycles. The van der Waals surface area contributed by atoms with Crippen LogP contribution >= 0.6 is 11.6 Å². The van der Waals surface area contributed by atoms with Crippen molar-refractivity contribution >= 4 is 22.5 Å². The molecule has 0 amide bonds. The molecule has 20 heavy (non-hydrogen) atoms. The molecule has 3 nitrogen and oxygen atoms in total. The quantitative estimate of drug-likeness (QED) is 0.781. The number of hydrogen-bond donors (Lipinski definition) is 1. The Bertz CT molecular complexity index is 753. The largest absolute Gasteiger partial charge is 0.319 e. The molecule has 3 rings (SSSR count). The van der Waals surface area contributed by atoms with E-state index in [1.165, 1.54) is 0 Å². The van der Waals surface area contributed by atoms with Crippen LogP contribution in [-0.2, 0) is 0 Å². The molecule has 0 saturated carbocycles. The highest BCUT2D eigenvalue weighted by Crippen LogP contribution is 2.23. The van der Waals surface area contributed by atoms with Gasteiger partial charge in [0, 0.05) is 17.3 Å². The van der Waals surface area contributed by atoms with Crippen LogP contribution in [0.4, 0.5) is 0 Å². The monoisotopic (exact) mass is 283 g/mol. The molecule has 4 heteroatoms. The van der Waals surface area contributed by atoms with Crippen molar-refractivity contribution in [3.8, 4) is 0 Å². The molecule has 0 spiro atoms. The summed E-state index contributed by atoms with van der Waals surface area (Å²) in [4.78, 5) is 8.76. The Morgan fingerprint density at radius 2 is 1.95 bits per heavy atom. The van der Waals surface area contributed by atoms with Crippen LogP contribution in [0.2, 0.25) is 5.02 Å². The van der Waals surface area contributed by atoms with E-state index in [2.05, 4.69) is 22.1 Å². The Balaban J connectivity index is 2.01. The van der Waals surface area contributed by atoms with E-state index in [1.54, 1.807) is 12.3 Å². The number of benzene rings is 1. The Morgan fingerprint density at radius 3 is 2.70 bits per heavy atom. The van der Waals surface area contributed by atoms with Crippen molar-refractivity contribution in [3.05, 3.63) is 70.6 Å². The molecule has 2 heterocycles. The molecule has 2 aromatic heterocycles. The van der Waals surface area contributed by atoms with Gasteiger partial charge in [0.05, 0.1) is 22.3 Å². The van der Waals surface area contributed by atoms with Gasteiger partial charge in [-0.25, -0.2) is 0 Å². The Kier molecular flexibility index (Phi) is 3.38. The summed E-state index contributed by atoms with van der Waals surface area (Å²) in [6.45, 7) is 1.98. The molecule has 100 valence electrons. The van der Waals surface area contributed by atoms with E-state index in [4.69, 9.17) is 17.3 Å². The van der Waals surface area contributed by atoms with Gasteiger partial charge >= 0.3 is 0 Å². The van der Waals surface area contributed by atoms with Crippen LogP contribution in [0.15, 0.2) is 48.7 Å². The van der Waals surface area contributed by atoms with Gasteiger partial charge < -0.3 is 5.73 Å². The molecule has 0 fully saturated rings. The molecule has 0 radical (unpaired) electrons. The maximum atomic E-state index is 6.26. The summed E-state index contributed by atoms with van der Waals surface area (Å²) in [5.41, 5.74) is 10.1. The van der Waals surface area contributed by atoms with Crippen molar-refractivity contribution in [1.29, 1.82) is 0 Å². The van der Waals surface area contributed by atoms with Crippen LogP contribution in [0.25, 0.3) is 10.9 Å². The first-order valence-corrected chi connectivity index (χ1v) is 6.75. The number of aryl methyl sites for hydroxylation is 1. The first kappa shape index (κ1) is 13.0. The normalized spacial score (nSPS) is 12.6. The highest BCUT2D eigenvalue weighted by molar-refractivity contribution is 6.30. The average molecular weight is 284 g/mol. The van der Waals surface area contributed by atoms with Gasteiger partial charge in [0.15, 0.2) is 0 Å². The van der Waals surface area contributed by atoms with Crippen LogP contribution in [0.3, 0.4) is 0 Å². The minimum Gasteiger partial charge on any atom is -0.319 e. The highest BCUT2D eigenvalue weighted by atomic mass is 35.5. The third-order valence-electron chi connectivity index (χ3n) is 3.28. The van der Waals surface area contributed by atoms with Crippen LogP contribution in [-0.4, -0.2) is 9.97 Å². The fourth-order valence-electron chi connectivity index (χ4n) is 2.18. The van der Waals surface area contributed by atoms with Gasteiger partial charge in [0.1, 0.15) is 0 Å². The third-order valence-corrected chi connectivity index (χ3v) is 3.50. The van der Waals surface area contributed by atoms with Crippen LogP contribution in [0.1, 0.15) is 23.0 Å². The van der Waals surface area contributed by atoms with Crippen molar-refractivity contribution in [3.63, 3.8) is 0 Å². The maximum Gasteiger partial charge on any atom is 0.0726 e. The molecular formula is C16H14ClN3. The van der Waals surface area contributed by atoms with Gasteiger partial charge in [-0.1, -0.05) is 23.7 Å². The van der Waals surface area contributed by atoms with E-state index in [9.17, 15) is 0 Å². The van der Waals surface area contributed by atoms with E-state index in [-0.39, 0.29) is 6.04 Å². The smallest absolute Gasteiger partial charge is 0.0726 e. The Labute approximate surface area is 122 Å². The SMILES string of the molecule is Cc1ccc2cc(C(N)c3ccc(Cl)cn3)ccc2n1. The lowest BCUT2D eigenvalue weighted by molar-refractivity contribution is 0.830. The van der Waals surface area contributed by atoms with Gasteiger partial charge in [0.2, 0.25) is 0 Å². The molecule has 2 N–H and O–H groups in total. The summed E-state index contributed by atoms with van der Waals surface area (Å²) in [5, 5.41) is 1.69. The summed E-state index contributed by atoms with van der Waals surface area (Å²) in [7, 11) is 0. The lowest BCUT2D eigenvalue weighted by Crippen LogP contribution is -2.13. The van der Waals surface area contributed by atoms with E-state index < -0.39 is 0 Å². The first-order chi connectivity index (χ1) is 9.63. The van der Waals surface area contributed by atoms with Crippen molar-refractivity contribution in [2.75, 3.05) is 0 Å². The summed E-state index contributed by atoms with van der Waals surface area (Å²) in [6, 6.07) is 13.5. The number of fused-ring (bicyclic) bond motifs is 1. The molecule has 1 unspecified atom stereocenters. The second-order valence-corrected chi connectivity index (χ2v) is 5.22. The third kappa shape index (κ3) is 2.50. The Hall–Kier alpha value is -1.97. The van der Waals surface area contributed by atoms with Gasteiger partial charge in [-0.2, -0.15) is 0 Å². The molecule has 0 bridgehead atoms. The predicted molar refractivity (Wildman–Crippen MR) is 81.8 cm³/mol. The number of pyridine rings is 2. The van der Waals surface area contributed by atoms with Gasteiger partial charge in [-0.05, 0) is 42.8 Å². The van der Waals surface area contributed by atoms with Crippen molar-refractivity contribution in [2.24, 2.45) is 5.73 Å². The predicted octanol–water partition coefficient (Wildman–Crippen LogP) is 3.64. The average Bonchev–Trinajstić information content (AvgIpc) is 2.47. The zero-order chi connectivity index (χ0) is 14.1. The maximum absolute atomic E-state index is 6.26. The van der Waals surface area contributed by atoms with E-state index in [0.29, 0.717) is 5.02 Å². The summed E-state index contributed by atoms with van der Waals surface area (Å²) >= 11 is 5.84. The zero-order valence-electron chi connectivity index (χ0n) is 11.0. The lowest BCUT2D eigenvalue weighted by Gasteiger charge is -2.12. The van der Waals surface area contributed by atoms with E-state index in [1.807, 2.05) is 31.2 Å². The van der Waals surface area contributed by atoms with Crippen molar-refractivity contribution in [1.82, 2.24) is 9.97 Å². The molecule has 0 aliphatic rings. The second kappa shape index (κ2) is 5.19. The number of hydrogen-bond acceptors (Lipinski definition) is 3. The number of halogens is 1. The van der Waals surface area contributed by atoms with E-state index in [0.717, 1.165) is 27.9 Å². The van der Waals surface area contributed by atoms with Crippen LogP contribution < -0.4 is 5.73 Å². The molecule has 1 atom stereocenters. The summed E-state index contributed by atoms with van der Waals surface area (Å²) in [6.07, 6.45) is 1.61. The molecule has 3 aromatic rings. The van der Waals surface area contributed by atoms with Crippen molar-refractivity contribution in [2.45, 2.75) is 13.0 Å². The molecular weight excluding hydrogens is 270 g/mol. The number of nitrogens with zero attached hydrogens (tertiary/aromatic N) is 2. The minimum atomic E-state index is -0.266. The van der Waals surface area contributed by atoms with Gasteiger partial charge in [0.25, 0.3) is 0 Å².